The number of hydrogen-bond acceptors (Lipinski definition) is 5. The number of halogens is 1. The molecule has 2 heterocycles. The molecule has 0 aliphatic carbocycles. The Morgan fingerprint density at radius 1 is 1.32 bits per heavy atom. The van der Waals surface area contributed by atoms with Crippen molar-refractivity contribution in [1.82, 2.24) is 14.8 Å². The van der Waals surface area contributed by atoms with Crippen molar-refractivity contribution in [2.45, 2.75) is 17.8 Å². The van der Waals surface area contributed by atoms with Crippen LogP contribution in [0.15, 0.2) is 21.8 Å². The lowest BCUT2D eigenvalue weighted by Gasteiger charge is -2.06. The van der Waals surface area contributed by atoms with Crippen LogP contribution in [0.1, 0.15) is 11.4 Å². The molecule has 0 N–H and O–H groups in total. The highest BCUT2D eigenvalue weighted by Gasteiger charge is 2.17. The average molecular weight is 342 g/mol. The highest BCUT2D eigenvalue weighted by atomic mass is 79.9. The van der Waals surface area contributed by atoms with Gasteiger partial charge in [0.25, 0.3) is 0 Å². The fourth-order valence-corrected chi connectivity index (χ4v) is 3.32. The lowest BCUT2D eigenvalue weighted by molar-refractivity contribution is 0.174. The Hall–Kier alpha value is -1.21. The van der Waals surface area contributed by atoms with Crippen LogP contribution in [0, 0.1) is 6.92 Å². The summed E-state index contributed by atoms with van der Waals surface area (Å²) in [7, 11) is 1.96. The molecule has 0 unspecified atom stereocenters. The number of aryl methyl sites for hydroxylation is 1. The van der Waals surface area contributed by atoms with E-state index in [9.17, 15) is 0 Å². The van der Waals surface area contributed by atoms with Gasteiger partial charge in [-0.05, 0) is 24.6 Å². The predicted octanol–water partition coefficient (Wildman–Crippen LogP) is 2.91. The maximum atomic E-state index is 5.39. The van der Waals surface area contributed by atoms with Crippen LogP contribution in [0.25, 0.3) is 0 Å². The van der Waals surface area contributed by atoms with E-state index in [1.54, 1.807) is 11.8 Å². The summed E-state index contributed by atoms with van der Waals surface area (Å²) in [5, 5.41) is 9.09. The Labute approximate surface area is 123 Å². The smallest absolute Gasteiger partial charge is 0.231 e. The third kappa shape index (κ3) is 2.44. The van der Waals surface area contributed by atoms with Crippen LogP contribution in [0.5, 0.6) is 11.5 Å². The molecule has 2 aromatic rings. The number of aromatic nitrogens is 3. The molecular formula is C12H12BrN3O2S. The van der Waals surface area contributed by atoms with Crippen molar-refractivity contribution < 1.29 is 9.47 Å². The van der Waals surface area contributed by atoms with Crippen LogP contribution >= 0.6 is 27.7 Å². The molecule has 0 atom stereocenters. The van der Waals surface area contributed by atoms with Crippen LogP contribution in [0.3, 0.4) is 0 Å². The second-order valence-electron chi connectivity index (χ2n) is 4.17. The number of hydrogen-bond donors (Lipinski definition) is 0. The number of ether oxygens (including phenoxy) is 2. The van der Waals surface area contributed by atoms with Crippen molar-refractivity contribution in [2.75, 3.05) is 6.79 Å². The van der Waals surface area contributed by atoms with Crippen molar-refractivity contribution in [3.63, 3.8) is 0 Å². The number of nitrogens with zero attached hydrogens (tertiary/aromatic N) is 3. The van der Waals surface area contributed by atoms with Gasteiger partial charge in [-0.2, -0.15) is 0 Å². The van der Waals surface area contributed by atoms with E-state index in [-0.39, 0.29) is 0 Å². The van der Waals surface area contributed by atoms with Crippen molar-refractivity contribution in [3.05, 3.63) is 28.0 Å². The minimum atomic E-state index is 0.293. The van der Waals surface area contributed by atoms with E-state index in [0.717, 1.165) is 38.3 Å². The van der Waals surface area contributed by atoms with Gasteiger partial charge in [0, 0.05) is 17.3 Å². The molecule has 5 nitrogen and oxygen atoms in total. The molecule has 1 aromatic heterocycles. The third-order valence-corrected chi connectivity index (χ3v) is 4.76. The first-order valence-electron chi connectivity index (χ1n) is 5.72. The Kier molecular flexibility index (Phi) is 3.40. The summed E-state index contributed by atoms with van der Waals surface area (Å²) in [6.45, 7) is 2.23. The Balaban J connectivity index is 1.79. The standard InChI is InChI=1S/C12H12BrN3O2S/c1-7-14-15-12(16(7)2)19-5-8-3-10-11(4-9(8)13)18-6-17-10/h3-4H,5-6H2,1-2H3. The first kappa shape index (κ1) is 12.8. The molecule has 1 aliphatic heterocycles. The maximum absolute atomic E-state index is 5.39. The van der Waals surface area contributed by atoms with E-state index in [1.807, 2.05) is 30.7 Å². The van der Waals surface area contributed by atoms with Crippen LogP contribution in [0.2, 0.25) is 0 Å². The molecule has 3 rings (SSSR count). The van der Waals surface area contributed by atoms with E-state index < -0.39 is 0 Å². The molecule has 0 spiro atoms. The molecule has 19 heavy (non-hydrogen) atoms. The maximum Gasteiger partial charge on any atom is 0.231 e. The van der Waals surface area contributed by atoms with E-state index in [4.69, 9.17) is 9.47 Å². The zero-order chi connectivity index (χ0) is 13.4. The largest absolute Gasteiger partial charge is 0.454 e. The van der Waals surface area contributed by atoms with Gasteiger partial charge in [-0.3, -0.25) is 0 Å². The second-order valence-corrected chi connectivity index (χ2v) is 5.97. The quantitative estimate of drug-likeness (QED) is 0.803. The molecule has 0 saturated carbocycles. The van der Waals surface area contributed by atoms with Gasteiger partial charge in [0.15, 0.2) is 16.7 Å². The van der Waals surface area contributed by atoms with Crippen molar-refractivity contribution in [2.24, 2.45) is 7.05 Å². The fraction of sp³-hybridized carbons (Fsp3) is 0.333. The van der Waals surface area contributed by atoms with Crippen molar-refractivity contribution >= 4 is 27.7 Å². The van der Waals surface area contributed by atoms with Crippen LogP contribution < -0.4 is 9.47 Å². The van der Waals surface area contributed by atoms with Crippen molar-refractivity contribution in [1.29, 1.82) is 0 Å². The summed E-state index contributed by atoms with van der Waals surface area (Å²) in [5.41, 5.74) is 1.15. The summed E-state index contributed by atoms with van der Waals surface area (Å²) >= 11 is 5.20. The van der Waals surface area contributed by atoms with Gasteiger partial charge < -0.3 is 14.0 Å². The molecule has 0 bridgehead atoms. The highest BCUT2D eigenvalue weighted by molar-refractivity contribution is 9.10. The van der Waals surface area contributed by atoms with E-state index in [0.29, 0.717) is 6.79 Å². The first-order chi connectivity index (χ1) is 9.15. The molecule has 1 aliphatic rings. The highest BCUT2D eigenvalue weighted by Crippen LogP contribution is 2.38. The van der Waals surface area contributed by atoms with Gasteiger partial charge >= 0.3 is 0 Å². The van der Waals surface area contributed by atoms with E-state index in [1.165, 1.54) is 0 Å². The van der Waals surface area contributed by atoms with E-state index >= 15 is 0 Å². The van der Waals surface area contributed by atoms with Gasteiger partial charge in [-0.15, -0.1) is 10.2 Å². The van der Waals surface area contributed by atoms with Gasteiger partial charge in [-0.25, -0.2) is 0 Å². The SMILES string of the molecule is Cc1nnc(SCc2cc3c(cc2Br)OCO3)n1C. The lowest BCUT2D eigenvalue weighted by Crippen LogP contribution is -1.94. The molecule has 7 heteroatoms. The van der Waals surface area contributed by atoms with E-state index in [2.05, 4.69) is 26.1 Å². The molecule has 1 aromatic carbocycles. The van der Waals surface area contributed by atoms with Gasteiger partial charge in [-0.1, -0.05) is 27.7 Å². The molecule has 0 saturated heterocycles. The Morgan fingerprint density at radius 2 is 2.05 bits per heavy atom. The normalized spacial score (nSPS) is 13.0. The fourth-order valence-electron chi connectivity index (χ4n) is 1.73. The van der Waals surface area contributed by atoms with Gasteiger partial charge in [0.2, 0.25) is 6.79 Å². The summed E-state index contributed by atoms with van der Waals surface area (Å²) < 4.78 is 13.7. The van der Waals surface area contributed by atoms with Gasteiger partial charge in [0.05, 0.1) is 0 Å². The topological polar surface area (TPSA) is 49.2 Å². The predicted molar refractivity (Wildman–Crippen MR) is 75.6 cm³/mol. The zero-order valence-corrected chi connectivity index (χ0v) is 12.9. The second kappa shape index (κ2) is 5.05. The number of rotatable bonds is 3. The molecule has 0 radical (unpaired) electrons. The zero-order valence-electron chi connectivity index (χ0n) is 10.5. The first-order valence-corrected chi connectivity index (χ1v) is 7.50. The number of thioether (sulfide) groups is 1. The van der Waals surface area contributed by atoms with Crippen LogP contribution in [-0.4, -0.2) is 21.6 Å². The summed E-state index contributed by atoms with van der Waals surface area (Å²) in [5.74, 6) is 3.29. The number of benzene rings is 1. The van der Waals surface area contributed by atoms with Crippen LogP contribution in [0.4, 0.5) is 0 Å². The van der Waals surface area contributed by atoms with Gasteiger partial charge in [0.1, 0.15) is 5.82 Å². The minimum absolute atomic E-state index is 0.293. The third-order valence-electron chi connectivity index (χ3n) is 2.95. The van der Waals surface area contributed by atoms with Crippen molar-refractivity contribution in [3.8, 4) is 11.5 Å². The average Bonchev–Trinajstić information content (AvgIpc) is 2.96. The molecular weight excluding hydrogens is 330 g/mol. The van der Waals surface area contributed by atoms with Crippen LogP contribution in [-0.2, 0) is 12.8 Å². The number of fused-ring (bicyclic) bond motifs is 1. The minimum Gasteiger partial charge on any atom is -0.454 e. The summed E-state index contributed by atoms with van der Waals surface area (Å²) in [6.07, 6.45) is 0. The monoisotopic (exact) mass is 341 g/mol. The summed E-state index contributed by atoms with van der Waals surface area (Å²) in [4.78, 5) is 0. The lowest BCUT2D eigenvalue weighted by atomic mass is 10.2. The molecule has 100 valence electrons. The Morgan fingerprint density at radius 3 is 2.74 bits per heavy atom. The summed E-state index contributed by atoms with van der Waals surface area (Å²) in [6, 6.07) is 3.95. The molecule has 0 fully saturated rings. The Bertz CT molecular complexity index is 630. The molecule has 0 amide bonds.